The highest BCUT2D eigenvalue weighted by molar-refractivity contribution is 7.90. The summed E-state index contributed by atoms with van der Waals surface area (Å²) in [7, 11) is -3.81. The quantitative estimate of drug-likeness (QED) is 0.317. The summed E-state index contributed by atoms with van der Waals surface area (Å²) in [5, 5.41) is 1.35. The molecule has 4 bridgehead atoms. The zero-order chi connectivity index (χ0) is 38.5. The van der Waals surface area contributed by atoms with Crippen LogP contribution in [0.2, 0.25) is 0 Å². The van der Waals surface area contributed by atoms with Gasteiger partial charge in [-0.15, -0.1) is 0 Å². The Morgan fingerprint density at radius 1 is 1.09 bits per heavy atom. The van der Waals surface area contributed by atoms with Crippen LogP contribution in [0.25, 0.3) is 10.8 Å². The largest absolute Gasteiger partial charge is 0.472 e. The lowest BCUT2D eigenvalue weighted by molar-refractivity contribution is -0.155. The molecule has 1 aromatic heterocycles. The fraction of sp³-hybridized carbons (Fsp3) is 0.683. The molecule has 2 saturated carbocycles. The second-order valence-corrected chi connectivity index (χ2v) is 19.9. The van der Waals surface area contributed by atoms with E-state index in [2.05, 4.69) is 43.7 Å². The number of amides is 2. The van der Waals surface area contributed by atoms with Crippen LogP contribution in [0, 0.1) is 28.1 Å². The molecular weight excluding hydrogens is 695 g/mol. The van der Waals surface area contributed by atoms with E-state index in [0.717, 1.165) is 47.6 Å². The van der Waals surface area contributed by atoms with Gasteiger partial charge in [0.15, 0.2) is 5.78 Å². The lowest BCUT2D eigenvalue weighted by atomic mass is 9.77. The van der Waals surface area contributed by atoms with Crippen LogP contribution in [-0.4, -0.2) is 72.4 Å². The minimum Gasteiger partial charge on any atom is -0.472 e. The van der Waals surface area contributed by atoms with E-state index >= 15 is 0 Å². The monoisotopic (exact) mass is 751 g/mol. The second kappa shape index (κ2) is 14.6. The van der Waals surface area contributed by atoms with Gasteiger partial charge >= 0.3 is 5.97 Å². The number of ether oxygens (including phenoxy) is 2. The molecule has 0 spiro atoms. The number of sulfonamides is 1. The maximum absolute atomic E-state index is 14.7. The van der Waals surface area contributed by atoms with E-state index < -0.39 is 56.0 Å². The molecule has 2 aromatic rings. The molecule has 6 rings (SSSR count). The number of benzene rings is 1. The number of rotatable bonds is 8. The first-order chi connectivity index (χ1) is 24.9. The van der Waals surface area contributed by atoms with Gasteiger partial charge in [-0.3, -0.25) is 23.9 Å². The molecule has 3 heterocycles. The van der Waals surface area contributed by atoms with E-state index in [4.69, 9.17) is 14.5 Å². The Hall–Kier alpha value is -3.54. The third-order valence-corrected chi connectivity index (χ3v) is 13.9. The molecule has 3 fully saturated rings. The number of aryl methyl sites for hydroxylation is 2. The van der Waals surface area contributed by atoms with Crippen LogP contribution in [0.3, 0.4) is 0 Å². The van der Waals surface area contributed by atoms with Crippen molar-refractivity contribution in [2.75, 3.05) is 13.2 Å². The Morgan fingerprint density at radius 2 is 1.83 bits per heavy atom. The fourth-order valence-corrected chi connectivity index (χ4v) is 9.75. The Balaban J connectivity index is 1.36. The summed E-state index contributed by atoms with van der Waals surface area (Å²) in [6.07, 6.45) is 6.46. The lowest BCUT2D eigenvalue weighted by Crippen LogP contribution is -2.48. The summed E-state index contributed by atoms with van der Waals surface area (Å²) < 4.78 is 40.3. The third kappa shape index (κ3) is 8.42. The molecule has 2 aliphatic heterocycles. The highest BCUT2D eigenvalue weighted by Gasteiger charge is 2.62. The number of nitrogens with one attached hydrogen (secondary N) is 1. The van der Waals surface area contributed by atoms with Gasteiger partial charge in [-0.2, -0.15) is 0 Å². The summed E-state index contributed by atoms with van der Waals surface area (Å²) in [6.45, 7) is 14.2. The third-order valence-electron chi connectivity index (χ3n) is 12.1. The van der Waals surface area contributed by atoms with Crippen molar-refractivity contribution in [3.05, 3.63) is 35.5 Å². The van der Waals surface area contributed by atoms with Crippen molar-refractivity contribution >= 4 is 44.4 Å². The number of cyclic esters (lactones) is 1. The van der Waals surface area contributed by atoms with Crippen LogP contribution < -0.4 is 9.46 Å². The molecule has 2 amide bonds. The highest BCUT2D eigenvalue weighted by atomic mass is 32.2. The van der Waals surface area contributed by atoms with E-state index in [1.165, 1.54) is 4.90 Å². The molecule has 1 unspecified atom stereocenters. The normalized spacial score (nSPS) is 28.2. The van der Waals surface area contributed by atoms with E-state index in [1.54, 1.807) is 0 Å². The van der Waals surface area contributed by atoms with Crippen LogP contribution in [0.4, 0.5) is 0 Å². The number of hydrogen-bond donors (Lipinski definition) is 1. The Labute approximate surface area is 314 Å². The molecular formula is C41H57N3O8S. The van der Waals surface area contributed by atoms with Crippen molar-refractivity contribution in [1.29, 1.82) is 0 Å². The molecule has 290 valence electrons. The van der Waals surface area contributed by atoms with Gasteiger partial charge in [0.2, 0.25) is 27.7 Å². The molecule has 0 radical (unpaired) electrons. The Morgan fingerprint density at radius 3 is 2.47 bits per heavy atom. The van der Waals surface area contributed by atoms with Gasteiger partial charge in [-0.05, 0) is 84.3 Å². The molecule has 1 saturated heterocycles. The molecule has 53 heavy (non-hydrogen) atoms. The number of pyridine rings is 1. The molecule has 2 aliphatic carbocycles. The molecule has 12 heteroatoms. The first-order valence-corrected chi connectivity index (χ1v) is 21.0. The van der Waals surface area contributed by atoms with E-state index in [1.807, 2.05) is 33.9 Å². The number of esters is 1. The van der Waals surface area contributed by atoms with E-state index in [0.29, 0.717) is 31.6 Å². The SMILES string of the molecule is CCc1cnc2c3cc(ccc13)CCCC(C)(C)COC(=O)C[C@@H](C(C)(C)C)C(=O)N1C[C@@H](CC1C(=O)C[C@]1(C(=O)NS(=O)(=O)C3CC3)C[C@H]1CC)O2. The fourth-order valence-electron chi connectivity index (χ4n) is 8.37. The number of ketones is 1. The molecule has 1 N–H and O–H groups in total. The van der Waals surface area contributed by atoms with Gasteiger partial charge in [0.05, 0.1) is 42.2 Å². The van der Waals surface area contributed by atoms with Gasteiger partial charge in [0, 0.05) is 24.4 Å². The zero-order valence-corrected chi connectivity index (χ0v) is 33.3. The summed E-state index contributed by atoms with van der Waals surface area (Å²) in [6, 6.07) is 5.44. The molecule has 5 atom stereocenters. The van der Waals surface area contributed by atoms with Crippen molar-refractivity contribution in [2.45, 2.75) is 136 Å². The van der Waals surface area contributed by atoms with Gasteiger partial charge in [0.25, 0.3) is 0 Å². The number of carbonyl (C=O) groups is 4. The number of carbonyl (C=O) groups excluding carboxylic acids is 4. The summed E-state index contributed by atoms with van der Waals surface area (Å²) in [5.41, 5.74) is 0.153. The van der Waals surface area contributed by atoms with Crippen molar-refractivity contribution in [2.24, 2.45) is 28.1 Å². The van der Waals surface area contributed by atoms with E-state index in [-0.39, 0.29) is 55.4 Å². The smallest absolute Gasteiger partial charge is 0.306 e. The Kier molecular flexibility index (Phi) is 10.8. The summed E-state index contributed by atoms with van der Waals surface area (Å²) >= 11 is 0. The number of Topliss-reactive ketones (excluding diaryl/α,β-unsaturated/α-hetero) is 1. The Bertz CT molecular complexity index is 1880. The topological polar surface area (TPSA) is 149 Å². The summed E-state index contributed by atoms with van der Waals surface area (Å²) in [5.74, 6) is -2.26. The van der Waals surface area contributed by atoms with Crippen molar-refractivity contribution in [1.82, 2.24) is 14.6 Å². The summed E-state index contributed by atoms with van der Waals surface area (Å²) in [4.78, 5) is 62.5. The highest BCUT2D eigenvalue weighted by Crippen LogP contribution is 2.58. The predicted octanol–water partition coefficient (Wildman–Crippen LogP) is 6.09. The number of nitrogens with zero attached hydrogens (tertiary/aromatic N) is 2. The number of aromatic nitrogens is 1. The van der Waals surface area contributed by atoms with Crippen LogP contribution in [-0.2, 0) is 46.8 Å². The minimum atomic E-state index is -3.81. The minimum absolute atomic E-state index is 0.0920. The van der Waals surface area contributed by atoms with Gasteiger partial charge in [-0.25, -0.2) is 13.4 Å². The number of fused-ring (bicyclic) bond motifs is 3. The standard InChI is InChI=1S/C41H57N3O8S/c1-8-26-22-42-36-31-17-25(12-15-30(26)31)11-10-16-40(6,7)24-51-35(46)19-32(39(3,4)5)37(47)44-23-28(52-36)18-33(44)34(45)21-41(20-27(41)9-2)38(48)43-53(49,50)29-13-14-29/h12,15,17,22,27-29,32-33H,8-11,13-14,16,18-21,23-24H2,1-7H3,(H,43,48)/t27-,28-,32-,33?,41-/m1/s1. The lowest BCUT2D eigenvalue weighted by Gasteiger charge is -2.35. The van der Waals surface area contributed by atoms with Gasteiger partial charge < -0.3 is 14.4 Å². The first kappa shape index (κ1) is 39.2. The molecule has 11 nitrogen and oxygen atoms in total. The van der Waals surface area contributed by atoms with Crippen LogP contribution in [0.1, 0.15) is 117 Å². The van der Waals surface area contributed by atoms with Crippen LogP contribution in [0.15, 0.2) is 24.4 Å². The van der Waals surface area contributed by atoms with Crippen molar-refractivity contribution in [3.63, 3.8) is 0 Å². The maximum Gasteiger partial charge on any atom is 0.306 e. The molecule has 1 aromatic carbocycles. The number of hydrogen-bond acceptors (Lipinski definition) is 9. The van der Waals surface area contributed by atoms with E-state index in [9.17, 15) is 27.6 Å². The van der Waals surface area contributed by atoms with Crippen LogP contribution in [0.5, 0.6) is 5.88 Å². The van der Waals surface area contributed by atoms with Crippen molar-refractivity contribution < 1.29 is 37.1 Å². The average molecular weight is 752 g/mol. The predicted molar refractivity (Wildman–Crippen MR) is 201 cm³/mol. The zero-order valence-electron chi connectivity index (χ0n) is 32.5. The van der Waals surface area contributed by atoms with Gasteiger partial charge in [0.1, 0.15) is 6.10 Å². The molecule has 4 aliphatic rings. The second-order valence-electron chi connectivity index (χ2n) is 17.9. The van der Waals surface area contributed by atoms with Gasteiger partial charge in [-0.1, -0.05) is 67.0 Å². The van der Waals surface area contributed by atoms with Crippen LogP contribution >= 0.6 is 0 Å². The maximum atomic E-state index is 14.7. The average Bonchev–Trinajstić information content (AvgIpc) is 4.02. The first-order valence-electron chi connectivity index (χ1n) is 19.5. The van der Waals surface area contributed by atoms with Crippen molar-refractivity contribution in [3.8, 4) is 5.88 Å².